The minimum absolute atomic E-state index is 0.213. The van der Waals surface area contributed by atoms with Crippen molar-refractivity contribution >= 4 is 5.69 Å². The van der Waals surface area contributed by atoms with Crippen LogP contribution in [0.3, 0.4) is 0 Å². The molecule has 0 radical (unpaired) electrons. The molecule has 0 saturated carbocycles. The summed E-state index contributed by atoms with van der Waals surface area (Å²) in [6, 6.07) is 14.3. The van der Waals surface area contributed by atoms with Gasteiger partial charge in [-0.3, -0.25) is 0 Å². The monoisotopic (exact) mass is 259 g/mol. The summed E-state index contributed by atoms with van der Waals surface area (Å²) in [4.78, 5) is 2.04. The van der Waals surface area contributed by atoms with Crippen LogP contribution in [0.5, 0.6) is 0 Å². The van der Waals surface area contributed by atoms with Crippen molar-refractivity contribution in [1.82, 2.24) is 0 Å². The fourth-order valence-corrected chi connectivity index (χ4v) is 2.01. The average molecular weight is 259 g/mol. The van der Waals surface area contributed by atoms with Gasteiger partial charge in [0, 0.05) is 19.3 Å². The van der Waals surface area contributed by atoms with E-state index in [-0.39, 0.29) is 5.82 Å². The van der Waals surface area contributed by atoms with Gasteiger partial charge in [0.15, 0.2) is 0 Å². The van der Waals surface area contributed by atoms with E-state index >= 15 is 0 Å². The standard InChI is InChI=1S/C16H18FNO/c1-12(19)14-6-8-16(9-7-14)18(2)11-13-4-3-5-15(17)10-13/h3-10,12,19H,11H2,1-2H3. The van der Waals surface area contributed by atoms with Crippen molar-refractivity contribution in [2.45, 2.75) is 19.6 Å². The average Bonchev–Trinajstić information content (AvgIpc) is 2.39. The van der Waals surface area contributed by atoms with Crippen LogP contribution in [-0.4, -0.2) is 12.2 Å². The van der Waals surface area contributed by atoms with Gasteiger partial charge in [0.2, 0.25) is 0 Å². The molecule has 1 N–H and O–H groups in total. The molecule has 2 aromatic carbocycles. The van der Waals surface area contributed by atoms with Crippen LogP contribution in [0.2, 0.25) is 0 Å². The summed E-state index contributed by atoms with van der Waals surface area (Å²) in [7, 11) is 1.96. The lowest BCUT2D eigenvalue weighted by Crippen LogP contribution is -2.16. The van der Waals surface area contributed by atoms with E-state index in [4.69, 9.17) is 0 Å². The molecular formula is C16H18FNO. The van der Waals surface area contributed by atoms with E-state index in [9.17, 15) is 9.50 Å². The van der Waals surface area contributed by atoms with Crippen molar-refractivity contribution in [3.63, 3.8) is 0 Å². The smallest absolute Gasteiger partial charge is 0.123 e. The summed E-state index contributed by atoms with van der Waals surface area (Å²) in [5.74, 6) is -0.213. The number of halogens is 1. The minimum atomic E-state index is -0.456. The minimum Gasteiger partial charge on any atom is -0.389 e. The van der Waals surface area contributed by atoms with E-state index in [0.29, 0.717) is 6.54 Å². The van der Waals surface area contributed by atoms with Gasteiger partial charge in [-0.2, -0.15) is 0 Å². The van der Waals surface area contributed by atoms with E-state index in [2.05, 4.69) is 0 Å². The van der Waals surface area contributed by atoms with Crippen LogP contribution in [0.25, 0.3) is 0 Å². The Morgan fingerprint density at radius 3 is 2.42 bits per heavy atom. The molecule has 2 nitrogen and oxygen atoms in total. The normalized spacial score (nSPS) is 12.2. The predicted molar refractivity (Wildman–Crippen MR) is 75.6 cm³/mol. The number of aliphatic hydroxyl groups is 1. The zero-order valence-electron chi connectivity index (χ0n) is 11.2. The number of anilines is 1. The number of rotatable bonds is 4. The molecule has 0 aliphatic rings. The molecule has 0 bridgehead atoms. The number of nitrogens with zero attached hydrogens (tertiary/aromatic N) is 1. The molecule has 0 aromatic heterocycles. The Balaban J connectivity index is 2.09. The van der Waals surface area contributed by atoms with Gasteiger partial charge in [0.1, 0.15) is 5.82 Å². The first-order chi connectivity index (χ1) is 9.06. The van der Waals surface area contributed by atoms with Crippen molar-refractivity contribution in [2.24, 2.45) is 0 Å². The zero-order chi connectivity index (χ0) is 13.8. The maximum Gasteiger partial charge on any atom is 0.123 e. The van der Waals surface area contributed by atoms with Crippen molar-refractivity contribution in [2.75, 3.05) is 11.9 Å². The molecule has 1 unspecified atom stereocenters. The van der Waals surface area contributed by atoms with E-state index in [1.54, 1.807) is 19.1 Å². The van der Waals surface area contributed by atoms with Gasteiger partial charge in [0.25, 0.3) is 0 Å². The number of hydrogen-bond acceptors (Lipinski definition) is 2. The van der Waals surface area contributed by atoms with Crippen LogP contribution in [0.1, 0.15) is 24.2 Å². The second kappa shape index (κ2) is 5.85. The maximum absolute atomic E-state index is 13.1. The third-order valence-corrected chi connectivity index (χ3v) is 3.13. The van der Waals surface area contributed by atoms with Crippen molar-refractivity contribution in [3.8, 4) is 0 Å². The molecule has 0 saturated heterocycles. The maximum atomic E-state index is 13.1. The first kappa shape index (κ1) is 13.6. The lowest BCUT2D eigenvalue weighted by Gasteiger charge is -2.20. The summed E-state index contributed by atoms with van der Waals surface area (Å²) < 4.78 is 13.1. The number of benzene rings is 2. The molecule has 0 heterocycles. The molecule has 1 atom stereocenters. The summed E-state index contributed by atoms with van der Waals surface area (Å²) >= 11 is 0. The van der Waals surface area contributed by atoms with Gasteiger partial charge in [-0.1, -0.05) is 24.3 Å². The van der Waals surface area contributed by atoms with Gasteiger partial charge in [0.05, 0.1) is 6.10 Å². The second-order valence-electron chi connectivity index (χ2n) is 4.75. The molecule has 0 amide bonds. The first-order valence-corrected chi connectivity index (χ1v) is 6.30. The van der Waals surface area contributed by atoms with E-state index in [1.807, 2.05) is 42.3 Å². The van der Waals surface area contributed by atoms with Crippen molar-refractivity contribution in [1.29, 1.82) is 0 Å². The van der Waals surface area contributed by atoms with Crippen molar-refractivity contribution in [3.05, 3.63) is 65.5 Å². The van der Waals surface area contributed by atoms with Crippen LogP contribution >= 0.6 is 0 Å². The Hall–Kier alpha value is -1.87. The van der Waals surface area contributed by atoms with E-state index < -0.39 is 6.10 Å². The Kier molecular flexibility index (Phi) is 4.17. The molecule has 0 aliphatic carbocycles. The van der Waals surface area contributed by atoms with Crippen LogP contribution in [-0.2, 0) is 6.54 Å². The molecule has 0 spiro atoms. The summed E-state index contributed by atoms with van der Waals surface area (Å²) in [5, 5.41) is 9.46. The fraction of sp³-hybridized carbons (Fsp3) is 0.250. The molecule has 19 heavy (non-hydrogen) atoms. The highest BCUT2D eigenvalue weighted by Crippen LogP contribution is 2.19. The topological polar surface area (TPSA) is 23.5 Å². The van der Waals surface area contributed by atoms with Gasteiger partial charge in [-0.05, 0) is 42.3 Å². The quantitative estimate of drug-likeness (QED) is 0.908. The molecule has 0 fully saturated rings. The first-order valence-electron chi connectivity index (χ1n) is 6.30. The lowest BCUT2D eigenvalue weighted by atomic mass is 10.1. The van der Waals surface area contributed by atoms with Crippen LogP contribution in [0.4, 0.5) is 10.1 Å². The highest BCUT2D eigenvalue weighted by Gasteiger charge is 2.05. The van der Waals surface area contributed by atoms with Gasteiger partial charge in [-0.15, -0.1) is 0 Å². The SMILES string of the molecule is CC(O)c1ccc(N(C)Cc2cccc(F)c2)cc1. The zero-order valence-corrected chi connectivity index (χ0v) is 11.2. The Morgan fingerprint density at radius 1 is 1.16 bits per heavy atom. The third-order valence-electron chi connectivity index (χ3n) is 3.13. The Labute approximate surface area is 113 Å². The second-order valence-corrected chi connectivity index (χ2v) is 4.75. The van der Waals surface area contributed by atoms with Gasteiger partial charge >= 0.3 is 0 Å². The van der Waals surface area contributed by atoms with Gasteiger partial charge < -0.3 is 10.0 Å². The highest BCUT2D eigenvalue weighted by atomic mass is 19.1. The largest absolute Gasteiger partial charge is 0.389 e. The lowest BCUT2D eigenvalue weighted by molar-refractivity contribution is 0.199. The van der Waals surface area contributed by atoms with E-state index in [1.165, 1.54) is 6.07 Å². The van der Waals surface area contributed by atoms with Crippen molar-refractivity contribution < 1.29 is 9.50 Å². The molecular weight excluding hydrogens is 241 g/mol. The predicted octanol–water partition coefficient (Wildman–Crippen LogP) is 3.52. The molecule has 0 aliphatic heterocycles. The molecule has 2 aromatic rings. The summed E-state index contributed by atoms with van der Waals surface area (Å²) in [6.45, 7) is 2.39. The third kappa shape index (κ3) is 3.55. The number of aliphatic hydroxyl groups excluding tert-OH is 1. The molecule has 3 heteroatoms. The Morgan fingerprint density at radius 2 is 1.84 bits per heavy atom. The van der Waals surface area contributed by atoms with E-state index in [0.717, 1.165) is 16.8 Å². The van der Waals surface area contributed by atoms with Crippen LogP contribution in [0.15, 0.2) is 48.5 Å². The summed E-state index contributed by atoms with van der Waals surface area (Å²) in [5.41, 5.74) is 2.86. The van der Waals surface area contributed by atoms with Crippen LogP contribution < -0.4 is 4.90 Å². The number of hydrogen-bond donors (Lipinski definition) is 1. The highest BCUT2D eigenvalue weighted by molar-refractivity contribution is 5.47. The van der Waals surface area contributed by atoms with Gasteiger partial charge in [-0.25, -0.2) is 4.39 Å². The molecule has 2 rings (SSSR count). The molecule has 100 valence electrons. The van der Waals surface area contributed by atoms with Crippen LogP contribution in [0, 0.1) is 5.82 Å². The fourth-order valence-electron chi connectivity index (χ4n) is 2.01. The Bertz CT molecular complexity index is 537. The summed E-state index contributed by atoms with van der Waals surface area (Å²) in [6.07, 6.45) is -0.456.